The average Bonchev–Trinajstić information content (AvgIpc) is 2.99. The minimum Gasteiger partial charge on any atom is -0.508 e. The maximum absolute atomic E-state index is 12.6. The Hall–Kier alpha value is -3.53. The fourth-order valence-corrected chi connectivity index (χ4v) is 3.28. The zero-order valence-corrected chi connectivity index (χ0v) is 15.0. The van der Waals surface area contributed by atoms with Gasteiger partial charge in [-0.25, -0.2) is 0 Å². The molecule has 4 rings (SSSR count). The van der Waals surface area contributed by atoms with Crippen molar-refractivity contribution in [3.8, 4) is 5.75 Å². The van der Waals surface area contributed by atoms with Crippen LogP contribution in [0.25, 0.3) is 10.9 Å². The van der Waals surface area contributed by atoms with Crippen LogP contribution in [-0.4, -0.2) is 15.6 Å². The van der Waals surface area contributed by atoms with Crippen LogP contribution in [0.15, 0.2) is 79.0 Å². The number of phenolic OH excluding ortho intramolecular Hbond substituents is 1. The molecule has 0 radical (unpaired) electrons. The minimum atomic E-state index is -0.173. The standard InChI is InChI=1S/C23H20N2O2/c1-16-14-25(15-17-5-3-2-4-6-17)22-13-18(7-12-21(16)22)23(27)24-19-8-10-20(26)11-9-19/h2-14,26H,15H2,1H3,(H,24,27). The topological polar surface area (TPSA) is 54.3 Å². The molecule has 1 aromatic heterocycles. The lowest BCUT2D eigenvalue weighted by molar-refractivity contribution is 0.102. The van der Waals surface area contributed by atoms with Crippen molar-refractivity contribution in [3.63, 3.8) is 0 Å². The predicted octanol–water partition coefficient (Wildman–Crippen LogP) is 4.96. The van der Waals surface area contributed by atoms with Gasteiger partial charge in [0.2, 0.25) is 0 Å². The molecule has 3 aromatic carbocycles. The van der Waals surface area contributed by atoms with E-state index in [1.807, 2.05) is 36.4 Å². The molecule has 0 saturated heterocycles. The number of anilines is 1. The Bertz CT molecular complexity index is 1100. The number of nitrogens with zero attached hydrogens (tertiary/aromatic N) is 1. The highest BCUT2D eigenvalue weighted by Gasteiger charge is 2.11. The molecule has 0 fully saturated rings. The van der Waals surface area contributed by atoms with Gasteiger partial charge in [0.25, 0.3) is 5.91 Å². The van der Waals surface area contributed by atoms with E-state index >= 15 is 0 Å². The molecule has 0 aliphatic heterocycles. The number of benzene rings is 3. The monoisotopic (exact) mass is 356 g/mol. The summed E-state index contributed by atoms with van der Waals surface area (Å²) < 4.78 is 2.18. The quantitative estimate of drug-likeness (QED) is 0.508. The Morgan fingerprint density at radius 2 is 1.74 bits per heavy atom. The summed E-state index contributed by atoms with van der Waals surface area (Å²) in [6.07, 6.45) is 2.12. The first-order chi connectivity index (χ1) is 13.1. The van der Waals surface area contributed by atoms with E-state index < -0.39 is 0 Å². The van der Waals surface area contributed by atoms with E-state index in [-0.39, 0.29) is 11.7 Å². The van der Waals surface area contributed by atoms with E-state index in [9.17, 15) is 9.90 Å². The molecule has 1 amide bonds. The van der Waals surface area contributed by atoms with Crippen LogP contribution < -0.4 is 5.32 Å². The van der Waals surface area contributed by atoms with Crippen molar-refractivity contribution < 1.29 is 9.90 Å². The molecule has 0 aliphatic carbocycles. The lowest BCUT2D eigenvalue weighted by Gasteiger charge is -2.08. The van der Waals surface area contributed by atoms with Crippen molar-refractivity contribution >= 4 is 22.5 Å². The molecule has 4 heteroatoms. The van der Waals surface area contributed by atoms with Crippen LogP contribution in [0.2, 0.25) is 0 Å². The number of phenols is 1. The van der Waals surface area contributed by atoms with Gasteiger partial charge in [-0.15, -0.1) is 0 Å². The number of hydrogen-bond acceptors (Lipinski definition) is 2. The van der Waals surface area contributed by atoms with Crippen LogP contribution in [0.5, 0.6) is 5.75 Å². The number of carbonyl (C=O) groups is 1. The third-order valence-corrected chi connectivity index (χ3v) is 4.66. The average molecular weight is 356 g/mol. The van der Waals surface area contributed by atoms with Crippen molar-refractivity contribution in [3.05, 3.63) is 95.7 Å². The maximum atomic E-state index is 12.6. The van der Waals surface area contributed by atoms with Gasteiger partial charge in [-0.1, -0.05) is 36.4 Å². The second-order valence-corrected chi connectivity index (χ2v) is 6.66. The van der Waals surface area contributed by atoms with Gasteiger partial charge in [0.05, 0.1) is 0 Å². The number of rotatable bonds is 4. The zero-order valence-electron chi connectivity index (χ0n) is 15.0. The van der Waals surface area contributed by atoms with E-state index in [2.05, 4.69) is 35.1 Å². The first kappa shape index (κ1) is 16.9. The van der Waals surface area contributed by atoms with Crippen molar-refractivity contribution in [2.45, 2.75) is 13.5 Å². The Morgan fingerprint density at radius 3 is 2.48 bits per heavy atom. The largest absolute Gasteiger partial charge is 0.508 e. The minimum absolute atomic E-state index is 0.170. The Kier molecular flexibility index (Phi) is 4.38. The number of fused-ring (bicyclic) bond motifs is 1. The van der Waals surface area contributed by atoms with Crippen molar-refractivity contribution in [2.75, 3.05) is 5.32 Å². The van der Waals surface area contributed by atoms with Crippen LogP contribution in [-0.2, 0) is 6.54 Å². The Morgan fingerprint density at radius 1 is 1.00 bits per heavy atom. The molecule has 27 heavy (non-hydrogen) atoms. The fourth-order valence-electron chi connectivity index (χ4n) is 3.28. The third kappa shape index (κ3) is 3.55. The third-order valence-electron chi connectivity index (χ3n) is 4.66. The molecule has 1 heterocycles. The molecule has 2 N–H and O–H groups in total. The van der Waals surface area contributed by atoms with Crippen molar-refractivity contribution in [1.29, 1.82) is 0 Å². The summed E-state index contributed by atoms with van der Waals surface area (Å²) in [5, 5.41) is 13.4. The number of aromatic nitrogens is 1. The lowest BCUT2D eigenvalue weighted by atomic mass is 10.1. The highest BCUT2D eigenvalue weighted by molar-refractivity contribution is 6.06. The van der Waals surface area contributed by atoms with Crippen molar-refractivity contribution in [2.24, 2.45) is 0 Å². The highest BCUT2D eigenvalue weighted by Crippen LogP contribution is 2.24. The second kappa shape index (κ2) is 7.00. The van der Waals surface area contributed by atoms with Gasteiger partial charge in [0.15, 0.2) is 0 Å². The van der Waals surface area contributed by atoms with E-state index in [4.69, 9.17) is 0 Å². The molecule has 0 saturated carbocycles. The molecule has 134 valence electrons. The smallest absolute Gasteiger partial charge is 0.255 e. The fraction of sp³-hybridized carbons (Fsp3) is 0.0870. The number of hydrogen-bond donors (Lipinski definition) is 2. The molecule has 4 aromatic rings. The Balaban J connectivity index is 1.65. The predicted molar refractivity (Wildman–Crippen MR) is 108 cm³/mol. The molecule has 0 unspecified atom stereocenters. The summed E-state index contributed by atoms with van der Waals surface area (Å²) in [6.45, 7) is 2.84. The van der Waals surface area contributed by atoms with Crippen LogP contribution in [0, 0.1) is 6.92 Å². The van der Waals surface area contributed by atoms with Gasteiger partial charge < -0.3 is 15.0 Å². The van der Waals surface area contributed by atoms with Crippen LogP contribution in [0.1, 0.15) is 21.5 Å². The van der Waals surface area contributed by atoms with E-state index in [0.717, 1.165) is 17.4 Å². The van der Waals surface area contributed by atoms with E-state index in [1.165, 1.54) is 11.1 Å². The summed E-state index contributed by atoms with van der Waals surface area (Å²) in [6, 6.07) is 22.5. The molecule has 0 bridgehead atoms. The van der Waals surface area contributed by atoms with Gasteiger partial charge in [0, 0.05) is 34.9 Å². The molecule has 0 atom stereocenters. The Labute approximate surface area is 157 Å². The SMILES string of the molecule is Cc1cn(Cc2ccccc2)c2cc(C(=O)Nc3ccc(O)cc3)ccc12. The number of amides is 1. The summed E-state index contributed by atoms with van der Waals surface area (Å²) in [5.74, 6) is -0.00339. The van der Waals surface area contributed by atoms with Crippen LogP contribution >= 0.6 is 0 Å². The number of aryl methyl sites for hydroxylation is 1. The van der Waals surface area contributed by atoms with Crippen LogP contribution in [0.3, 0.4) is 0 Å². The maximum Gasteiger partial charge on any atom is 0.255 e. The van der Waals surface area contributed by atoms with Gasteiger partial charge in [0.1, 0.15) is 5.75 Å². The lowest BCUT2D eigenvalue weighted by Crippen LogP contribution is -2.11. The normalized spacial score (nSPS) is 10.9. The number of aromatic hydroxyl groups is 1. The van der Waals surface area contributed by atoms with Gasteiger partial charge in [-0.2, -0.15) is 0 Å². The van der Waals surface area contributed by atoms with E-state index in [0.29, 0.717) is 11.3 Å². The summed E-state index contributed by atoms with van der Waals surface area (Å²) in [4.78, 5) is 12.6. The molecule has 4 nitrogen and oxygen atoms in total. The van der Waals surface area contributed by atoms with Gasteiger partial charge >= 0.3 is 0 Å². The molecular weight excluding hydrogens is 336 g/mol. The van der Waals surface area contributed by atoms with Gasteiger partial charge in [-0.05, 0) is 54.4 Å². The first-order valence-corrected chi connectivity index (χ1v) is 8.84. The van der Waals surface area contributed by atoms with E-state index in [1.54, 1.807) is 24.3 Å². The summed E-state index contributed by atoms with van der Waals surface area (Å²) in [7, 11) is 0. The molecule has 0 aliphatic rings. The summed E-state index contributed by atoms with van der Waals surface area (Å²) >= 11 is 0. The highest BCUT2D eigenvalue weighted by atomic mass is 16.3. The number of carbonyl (C=O) groups excluding carboxylic acids is 1. The van der Waals surface area contributed by atoms with Gasteiger partial charge in [-0.3, -0.25) is 4.79 Å². The first-order valence-electron chi connectivity index (χ1n) is 8.84. The number of nitrogens with one attached hydrogen (secondary N) is 1. The molecular formula is C23H20N2O2. The summed E-state index contributed by atoms with van der Waals surface area (Å²) in [5.41, 5.74) is 4.69. The second-order valence-electron chi connectivity index (χ2n) is 6.66. The van der Waals surface area contributed by atoms with Crippen molar-refractivity contribution in [1.82, 2.24) is 4.57 Å². The van der Waals surface area contributed by atoms with Crippen LogP contribution in [0.4, 0.5) is 5.69 Å². The molecule has 0 spiro atoms. The zero-order chi connectivity index (χ0) is 18.8.